The lowest BCUT2D eigenvalue weighted by Crippen LogP contribution is -2.42. The zero-order chi connectivity index (χ0) is 19.7. The van der Waals surface area contributed by atoms with Gasteiger partial charge in [0.1, 0.15) is 5.49 Å². The van der Waals surface area contributed by atoms with Crippen molar-refractivity contribution in [3.8, 4) is 5.75 Å². The predicted molar refractivity (Wildman–Crippen MR) is 102 cm³/mol. The van der Waals surface area contributed by atoms with E-state index < -0.39 is 0 Å². The van der Waals surface area contributed by atoms with E-state index in [0.717, 1.165) is 31.6 Å². The van der Waals surface area contributed by atoms with Crippen LogP contribution in [0.4, 0.5) is 16.3 Å². The Labute approximate surface area is 162 Å². The Bertz CT molecular complexity index is 982. The van der Waals surface area contributed by atoms with Gasteiger partial charge in [-0.2, -0.15) is 0 Å². The molecule has 2 aromatic heterocycles. The Morgan fingerprint density at radius 3 is 2.71 bits per heavy atom. The molecular weight excluding hydrogens is 360 g/mol. The quantitative estimate of drug-likeness (QED) is 0.815. The molecule has 4 heterocycles. The van der Waals surface area contributed by atoms with Crippen LogP contribution in [0.25, 0.3) is 0 Å². The lowest BCUT2D eigenvalue weighted by Gasteiger charge is -2.31. The van der Waals surface area contributed by atoms with Crippen LogP contribution in [0, 0.1) is 5.41 Å². The van der Waals surface area contributed by atoms with E-state index in [9.17, 15) is 9.59 Å². The van der Waals surface area contributed by atoms with Crippen molar-refractivity contribution in [1.29, 1.82) is 5.41 Å². The number of hydrogen-bond donors (Lipinski definition) is 2. The van der Waals surface area contributed by atoms with Crippen LogP contribution in [-0.4, -0.2) is 59.7 Å². The molecule has 0 aromatic carbocycles. The number of anilines is 2. The fraction of sp³-hybridized carbons (Fsp3) is 0.368. The van der Waals surface area contributed by atoms with E-state index >= 15 is 0 Å². The molecule has 2 aliphatic rings. The molecule has 0 saturated carbocycles. The standard InChI is InChI=1S/C19H22N6O3/c1-21-19(27)25-8-4-14(11-16(25)20)24-7-3-9-28-15-10-13(12-22-17(15)24)18(26)23-5-2-6-23/h4,8,10-12,20H,2-3,5-7,9H2,1H3,(H,21,27). The van der Waals surface area contributed by atoms with Gasteiger partial charge >= 0.3 is 6.03 Å². The summed E-state index contributed by atoms with van der Waals surface area (Å²) in [6, 6.07) is 4.76. The Kier molecular flexibility index (Phi) is 4.72. The summed E-state index contributed by atoms with van der Waals surface area (Å²) in [4.78, 5) is 32.5. The van der Waals surface area contributed by atoms with Crippen molar-refractivity contribution in [2.24, 2.45) is 0 Å². The van der Waals surface area contributed by atoms with Crippen molar-refractivity contribution in [2.45, 2.75) is 12.8 Å². The molecule has 2 N–H and O–H groups in total. The summed E-state index contributed by atoms with van der Waals surface area (Å²) in [6.07, 6.45) is 4.94. The molecule has 0 spiro atoms. The van der Waals surface area contributed by atoms with E-state index in [1.54, 1.807) is 35.5 Å². The molecule has 2 aromatic rings. The number of hydrogen-bond acceptors (Lipinski definition) is 6. The van der Waals surface area contributed by atoms with Gasteiger partial charge in [-0.15, -0.1) is 0 Å². The second kappa shape index (κ2) is 7.34. The molecule has 1 saturated heterocycles. The highest BCUT2D eigenvalue weighted by Gasteiger charge is 2.25. The predicted octanol–water partition coefficient (Wildman–Crippen LogP) is 1.32. The third-order valence-corrected chi connectivity index (χ3v) is 4.95. The molecule has 0 unspecified atom stereocenters. The van der Waals surface area contributed by atoms with Crippen molar-refractivity contribution in [3.05, 3.63) is 41.6 Å². The SMILES string of the molecule is CNC(=O)n1ccc(N2CCCOc3cc(C(=O)N4CCC4)cnc32)cc1=N. The highest BCUT2D eigenvalue weighted by atomic mass is 16.5. The summed E-state index contributed by atoms with van der Waals surface area (Å²) < 4.78 is 7.06. The van der Waals surface area contributed by atoms with Crippen LogP contribution in [-0.2, 0) is 0 Å². The van der Waals surface area contributed by atoms with Crippen LogP contribution in [0.2, 0.25) is 0 Å². The first-order valence-electron chi connectivity index (χ1n) is 9.27. The number of pyridine rings is 2. The van der Waals surface area contributed by atoms with Crippen molar-refractivity contribution in [3.63, 3.8) is 0 Å². The van der Waals surface area contributed by atoms with Gasteiger partial charge in [0.05, 0.1) is 12.2 Å². The molecule has 9 heteroatoms. The van der Waals surface area contributed by atoms with Crippen LogP contribution in [0.5, 0.6) is 5.75 Å². The highest BCUT2D eigenvalue weighted by molar-refractivity contribution is 5.95. The maximum Gasteiger partial charge on any atom is 0.326 e. The molecule has 0 bridgehead atoms. The first kappa shape index (κ1) is 18.0. The average Bonchev–Trinajstić information content (AvgIpc) is 2.87. The number of rotatable bonds is 2. The molecule has 4 rings (SSSR count). The van der Waals surface area contributed by atoms with Crippen molar-refractivity contribution >= 4 is 23.4 Å². The number of nitrogens with one attached hydrogen (secondary N) is 2. The molecule has 2 aliphatic heterocycles. The minimum Gasteiger partial charge on any atom is -0.490 e. The fourth-order valence-electron chi connectivity index (χ4n) is 3.28. The highest BCUT2D eigenvalue weighted by Crippen LogP contribution is 2.34. The van der Waals surface area contributed by atoms with Gasteiger partial charge in [-0.3, -0.25) is 14.8 Å². The normalized spacial score (nSPS) is 15.8. The lowest BCUT2D eigenvalue weighted by molar-refractivity contribution is 0.0651. The molecule has 0 aliphatic carbocycles. The van der Waals surface area contributed by atoms with Crippen LogP contribution in [0.15, 0.2) is 30.6 Å². The van der Waals surface area contributed by atoms with Gasteiger partial charge in [0.15, 0.2) is 11.6 Å². The van der Waals surface area contributed by atoms with E-state index in [2.05, 4.69) is 10.3 Å². The summed E-state index contributed by atoms with van der Waals surface area (Å²) in [5, 5.41) is 10.6. The van der Waals surface area contributed by atoms with Gasteiger partial charge in [-0.25, -0.2) is 9.78 Å². The second-order valence-corrected chi connectivity index (χ2v) is 6.74. The number of aromatic nitrogens is 2. The Morgan fingerprint density at radius 1 is 1.21 bits per heavy atom. The molecular formula is C19H22N6O3. The van der Waals surface area contributed by atoms with Gasteiger partial charge in [0.25, 0.3) is 5.91 Å². The Hall–Kier alpha value is -3.36. The number of fused-ring (bicyclic) bond motifs is 1. The largest absolute Gasteiger partial charge is 0.490 e. The summed E-state index contributed by atoms with van der Waals surface area (Å²) in [5.74, 6) is 1.13. The zero-order valence-electron chi connectivity index (χ0n) is 15.6. The first-order chi connectivity index (χ1) is 13.6. The first-order valence-corrected chi connectivity index (χ1v) is 9.27. The molecule has 146 valence electrons. The summed E-state index contributed by atoms with van der Waals surface area (Å²) in [6.45, 7) is 2.74. The Balaban J connectivity index is 1.68. The zero-order valence-corrected chi connectivity index (χ0v) is 15.6. The molecule has 28 heavy (non-hydrogen) atoms. The number of carbonyl (C=O) groups excluding carboxylic acids is 2. The lowest BCUT2D eigenvalue weighted by atomic mass is 10.1. The smallest absolute Gasteiger partial charge is 0.326 e. The summed E-state index contributed by atoms with van der Waals surface area (Å²) >= 11 is 0. The van der Waals surface area contributed by atoms with Gasteiger partial charge in [0, 0.05) is 50.8 Å². The minimum atomic E-state index is -0.372. The number of likely N-dealkylation sites (tertiary alicyclic amines) is 1. The van der Waals surface area contributed by atoms with E-state index in [1.807, 2.05) is 4.90 Å². The number of ether oxygens (including phenoxy) is 1. The van der Waals surface area contributed by atoms with Crippen molar-refractivity contribution in [2.75, 3.05) is 38.2 Å². The van der Waals surface area contributed by atoms with Crippen LogP contribution < -0.4 is 20.4 Å². The van der Waals surface area contributed by atoms with Gasteiger partial charge < -0.3 is 19.9 Å². The van der Waals surface area contributed by atoms with Crippen molar-refractivity contribution < 1.29 is 14.3 Å². The van der Waals surface area contributed by atoms with E-state index in [-0.39, 0.29) is 17.4 Å². The second-order valence-electron chi connectivity index (χ2n) is 6.74. The monoisotopic (exact) mass is 382 g/mol. The van der Waals surface area contributed by atoms with Crippen LogP contribution >= 0.6 is 0 Å². The third-order valence-electron chi connectivity index (χ3n) is 4.95. The molecule has 9 nitrogen and oxygen atoms in total. The molecule has 0 radical (unpaired) electrons. The molecule has 0 atom stereocenters. The maximum absolute atomic E-state index is 12.5. The Morgan fingerprint density at radius 2 is 2.04 bits per heavy atom. The number of carbonyl (C=O) groups is 2. The maximum atomic E-state index is 12.5. The number of nitrogens with zero attached hydrogens (tertiary/aromatic N) is 4. The topological polar surface area (TPSA) is 104 Å². The molecule has 1 fully saturated rings. The van der Waals surface area contributed by atoms with Crippen LogP contribution in [0.1, 0.15) is 23.2 Å². The molecule has 2 amide bonds. The summed E-state index contributed by atoms with van der Waals surface area (Å²) in [7, 11) is 1.52. The fourth-order valence-corrected chi connectivity index (χ4v) is 3.28. The van der Waals surface area contributed by atoms with Gasteiger partial charge in [-0.05, 0) is 25.0 Å². The van der Waals surface area contributed by atoms with E-state index in [0.29, 0.717) is 30.3 Å². The van der Waals surface area contributed by atoms with E-state index in [4.69, 9.17) is 10.1 Å². The van der Waals surface area contributed by atoms with E-state index in [1.165, 1.54) is 11.6 Å². The minimum absolute atomic E-state index is 0.0271. The van der Waals surface area contributed by atoms with Crippen molar-refractivity contribution in [1.82, 2.24) is 19.8 Å². The van der Waals surface area contributed by atoms with Gasteiger partial charge in [0.2, 0.25) is 0 Å². The summed E-state index contributed by atoms with van der Waals surface area (Å²) in [5.41, 5.74) is 1.33. The van der Waals surface area contributed by atoms with Crippen LogP contribution in [0.3, 0.4) is 0 Å². The number of amides is 2. The van der Waals surface area contributed by atoms with Gasteiger partial charge in [-0.1, -0.05) is 0 Å². The average molecular weight is 382 g/mol. The third kappa shape index (κ3) is 3.19.